The quantitative estimate of drug-likeness (QED) is 0.453. The van der Waals surface area contributed by atoms with Crippen LogP contribution in [0.1, 0.15) is 0 Å². The van der Waals surface area contributed by atoms with Gasteiger partial charge in [-0.1, -0.05) is 15.9 Å². The minimum atomic E-state index is -3.39. The highest BCUT2D eigenvalue weighted by molar-refractivity contribution is 9.10. The van der Waals surface area contributed by atoms with E-state index in [1.165, 1.54) is 12.5 Å². The SMILES string of the molecule is CS(=O)(=O)Nc1cncc(-c2cncc(Nc3ncnc4ccc(Br)cc34)c2)c1. The van der Waals surface area contributed by atoms with Gasteiger partial charge in [-0.25, -0.2) is 18.4 Å². The highest BCUT2D eigenvalue weighted by Gasteiger charge is 2.08. The fourth-order valence-corrected chi connectivity index (χ4v) is 3.70. The largest absolute Gasteiger partial charge is 0.338 e. The Morgan fingerprint density at radius 1 is 0.897 bits per heavy atom. The van der Waals surface area contributed by atoms with Crippen LogP contribution in [-0.4, -0.2) is 34.6 Å². The summed E-state index contributed by atoms with van der Waals surface area (Å²) in [7, 11) is -3.39. The lowest BCUT2D eigenvalue weighted by atomic mass is 10.1. The van der Waals surface area contributed by atoms with E-state index in [1.54, 1.807) is 24.7 Å². The summed E-state index contributed by atoms with van der Waals surface area (Å²) in [5.41, 5.74) is 3.43. The maximum atomic E-state index is 11.5. The van der Waals surface area contributed by atoms with Gasteiger partial charge in [-0.15, -0.1) is 0 Å². The van der Waals surface area contributed by atoms with Crippen molar-refractivity contribution < 1.29 is 8.42 Å². The molecule has 0 radical (unpaired) electrons. The third kappa shape index (κ3) is 4.66. The third-order valence-electron chi connectivity index (χ3n) is 3.97. The van der Waals surface area contributed by atoms with Crippen molar-refractivity contribution in [2.75, 3.05) is 16.3 Å². The molecule has 0 aliphatic carbocycles. The molecular formula is C19H15BrN6O2S. The summed E-state index contributed by atoms with van der Waals surface area (Å²) in [6.07, 6.45) is 9.05. The van der Waals surface area contributed by atoms with Crippen LogP contribution >= 0.6 is 15.9 Å². The van der Waals surface area contributed by atoms with Crippen LogP contribution in [0.2, 0.25) is 0 Å². The minimum absolute atomic E-state index is 0.384. The smallest absolute Gasteiger partial charge is 0.229 e. The number of anilines is 3. The molecule has 4 rings (SSSR count). The summed E-state index contributed by atoms with van der Waals surface area (Å²) < 4.78 is 26.3. The summed E-state index contributed by atoms with van der Waals surface area (Å²) in [5.74, 6) is 0.654. The molecule has 2 N–H and O–H groups in total. The second-order valence-corrected chi connectivity index (χ2v) is 8.97. The van der Waals surface area contributed by atoms with Crippen molar-refractivity contribution in [3.63, 3.8) is 0 Å². The zero-order chi connectivity index (χ0) is 20.4. The maximum absolute atomic E-state index is 11.5. The molecule has 0 spiro atoms. The van der Waals surface area contributed by atoms with E-state index < -0.39 is 10.0 Å². The van der Waals surface area contributed by atoms with Crippen LogP contribution in [-0.2, 0) is 10.0 Å². The lowest BCUT2D eigenvalue weighted by molar-refractivity contribution is 0.607. The fourth-order valence-electron chi connectivity index (χ4n) is 2.80. The van der Waals surface area contributed by atoms with Crippen molar-refractivity contribution in [3.8, 4) is 11.1 Å². The van der Waals surface area contributed by atoms with Crippen LogP contribution in [0.25, 0.3) is 22.0 Å². The molecule has 0 unspecified atom stereocenters. The number of rotatable bonds is 5. The molecule has 0 atom stereocenters. The standard InChI is InChI=1S/C19H15BrN6O2S/c1-29(27,28)26-16-5-13(8-22-10-16)12-4-15(9-21-7-12)25-19-17-6-14(20)2-3-18(17)23-11-24-19/h2-11,26H,1H3,(H,23,24,25). The number of nitrogens with one attached hydrogen (secondary N) is 2. The van der Waals surface area contributed by atoms with E-state index in [2.05, 4.69) is 45.9 Å². The first-order valence-electron chi connectivity index (χ1n) is 8.43. The Kier molecular flexibility index (Phi) is 5.12. The number of sulfonamides is 1. The fraction of sp³-hybridized carbons (Fsp3) is 0.0526. The Balaban J connectivity index is 1.67. The molecule has 4 aromatic rings. The van der Waals surface area contributed by atoms with Crippen LogP contribution in [0, 0.1) is 0 Å². The molecule has 0 aliphatic heterocycles. The molecule has 0 saturated carbocycles. The van der Waals surface area contributed by atoms with Crippen LogP contribution in [0.3, 0.4) is 0 Å². The Bertz CT molecular complexity index is 1310. The van der Waals surface area contributed by atoms with E-state index in [1.807, 2.05) is 24.3 Å². The molecule has 0 saturated heterocycles. The predicted octanol–water partition coefficient (Wildman–Crippen LogP) is 3.96. The number of nitrogens with zero attached hydrogens (tertiary/aromatic N) is 4. The number of benzene rings is 1. The topological polar surface area (TPSA) is 110 Å². The average molecular weight is 471 g/mol. The van der Waals surface area contributed by atoms with E-state index in [-0.39, 0.29) is 0 Å². The van der Waals surface area contributed by atoms with Gasteiger partial charge in [-0.2, -0.15) is 0 Å². The third-order valence-corrected chi connectivity index (χ3v) is 5.07. The second-order valence-electron chi connectivity index (χ2n) is 6.31. The van der Waals surface area contributed by atoms with E-state index in [0.29, 0.717) is 11.5 Å². The number of fused-ring (bicyclic) bond motifs is 1. The Labute approximate surface area is 175 Å². The lowest BCUT2D eigenvalue weighted by Gasteiger charge is -2.10. The molecule has 0 fully saturated rings. The zero-order valence-corrected chi connectivity index (χ0v) is 17.6. The predicted molar refractivity (Wildman–Crippen MR) is 116 cm³/mol. The monoisotopic (exact) mass is 470 g/mol. The first-order chi connectivity index (χ1) is 13.9. The van der Waals surface area contributed by atoms with Crippen LogP contribution in [0.15, 0.2) is 65.9 Å². The summed E-state index contributed by atoms with van der Waals surface area (Å²) in [6, 6.07) is 9.37. The van der Waals surface area contributed by atoms with Crippen molar-refractivity contribution in [3.05, 3.63) is 65.9 Å². The summed E-state index contributed by atoms with van der Waals surface area (Å²) >= 11 is 3.47. The van der Waals surface area contributed by atoms with E-state index in [4.69, 9.17) is 0 Å². The van der Waals surface area contributed by atoms with Gasteiger partial charge in [-0.3, -0.25) is 14.7 Å². The molecule has 0 amide bonds. The molecule has 0 aliphatic rings. The minimum Gasteiger partial charge on any atom is -0.338 e. The van der Waals surface area contributed by atoms with Gasteiger partial charge in [0.25, 0.3) is 0 Å². The Hall–Kier alpha value is -3.11. The number of hydrogen-bond donors (Lipinski definition) is 2. The Morgan fingerprint density at radius 2 is 1.59 bits per heavy atom. The molecule has 29 heavy (non-hydrogen) atoms. The molecule has 1 aromatic carbocycles. The Morgan fingerprint density at radius 3 is 2.31 bits per heavy atom. The van der Waals surface area contributed by atoms with Crippen molar-refractivity contribution in [1.82, 2.24) is 19.9 Å². The number of halogens is 1. The zero-order valence-electron chi connectivity index (χ0n) is 15.2. The van der Waals surface area contributed by atoms with Crippen molar-refractivity contribution >= 4 is 54.0 Å². The van der Waals surface area contributed by atoms with Gasteiger partial charge >= 0.3 is 0 Å². The first kappa shape index (κ1) is 19.2. The van der Waals surface area contributed by atoms with Crippen LogP contribution in [0.4, 0.5) is 17.2 Å². The highest BCUT2D eigenvalue weighted by atomic mass is 79.9. The number of aromatic nitrogens is 4. The van der Waals surface area contributed by atoms with Crippen molar-refractivity contribution in [2.24, 2.45) is 0 Å². The van der Waals surface area contributed by atoms with Gasteiger partial charge in [0.15, 0.2) is 0 Å². The van der Waals surface area contributed by atoms with Gasteiger partial charge in [0.05, 0.1) is 35.5 Å². The summed E-state index contributed by atoms with van der Waals surface area (Å²) in [6.45, 7) is 0. The molecule has 3 heterocycles. The van der Waals surface area contributed by atoms with Crippen LogP contribution < -0.4 is 10.0 Å². The first-order valence-corrected chi connectivity index (χ1v) is 11.1. The molecular weight excluding hydrogens is 456 g/mol. The molecule has 3 aromatic heterocycles. The molecule has 146 valence electrons. The van der Waals surface area contributed by atoms with Gasteiger partial charge in [0.1, 0.15) is 12.1 Å². The number of pyridine rings is 2. The van der Waals surface area contributed by atoms with Crippen LogP contribution in [0.5, 0.6) is 0 Å². The van der Waals surface area contributed by atoms with Gasteiger partial charge in [0, 0.05) is 33.4 Å². The van der Waals surface area contributed by atoms with E-state index in [9.17, 15) is 8.42 Å². The van der Waals surface area contributed by atoms with Crippen molar-refractivity contribution in [2.45, 2.75) is 0 Å². The van der Waals surface area contributed by atoms with Gasteiger partial charge in [0.2, 0.25) is 10.0 Å². The summed E-state index contributed by atoms with van der Waals surface area (Å²) in [4.78, 5) is 17.0. The molecule has 10 heteroatoms. The lowest BCUT2D eigenvalue weighted by Crippen LogP contribution is -2.09. The van der Waals surface area contributed by atoms with Crippen molar-refractivity contribution in [1.29, 1.82) is 0 Å². The van der Waals surface area contributed by atoms with E-state index >= 15 is 0 Å². The summed E-state index contributed by atoms with van der Waals surface area (Å²) in [5, 5.41) is 4.14. The highest BCUT2D eigenvalue weighted by Crippen LogP contribution is 2.28. The molecule has 0 bridgehead atoms. The second kappa shape index (κ2) is 7.72. The normalized spacial score (nSPS) is 11.4. The van der Waals surface area contributed by atoms with Gasteiger partial charge in [-0.05, 0) is 30.3 Å². The number of hydrogen-bond acceptors (Lipinski definition) is 7. The molecule has 8 nitrogen and oxygen atoms in total. The maximum Gasteiger partial charge on any atom is 0.229 e. The average Bonchev–Trinajstić information content (AvgIpc) is 2.68. The van der Waals surface area contributed by atoms with E-state index in [0.717, 1.165) is 38.4 Å². The van der Waals surface area contributed by atoms with Gasteiger partial charge < -0.3 is 5.32 Å².